The van der Waals surface area contributed by atoms with Gasteiger partial charge in [-0.1, -0.05) is 4.47 Å². The van der Waals surface area contributed by atoms with Crippen molar-refractivity contribution in [1.29, 1.82) is 0 Å². The van der Waals surface area contributed by atoms with Crippen LogP contribution < -0.4 is 10.1 Å². The van der Waals surface area contributed by atoms with Crippen molar-refractivity contribution in [3.63, 3.8) is 0 Å². The Morgan fingerprint density at radius 1 is 1.07 bits per heavy atom. The molecule has 0 aliphatic rings. The van der Waals surface area contributed by atoms with Gasteiger partial charge in [0.2, 0.25) is 0 Å². The second-order valence-electron chi connectivity index (χ2n) is 6.07. The van der Waals surface area contributed by atoms with Gasteiger partial charge >= 0.3 is 0 Å². The third-order valence-electron chi connectivity index (χ3n) is 4.16. The number of nitrogens with zero attached hydrogens (tertiary/aromatic N) is 3. The number of carbonyl (C=O) groups excluding carboxylic acids is 1. The van der Waals surface area contributed by atoms with E-state index in [1.807, 2.05) is 12.1 Å². The Morgan fingerprint density at radius 2 is 1.77 bits per heavy atom. The van der Waals surface area contributed by atoms with Crippen LogP contribution in [0.1, 0.15) is 15.9 Å². The Morgan fingerprint density at radius 3 is 2.43 bits per heavy atom. The Kier molecular flexibility index (Phi) is 6.72. The molecular formula is C20H20N4O5S. The van der Waals surface area contributed by atoms with Crippen molar-refractivity contribution in [3.8, 4) is 5.75 Å². The number of hydrogen-bond donors (Lipinski definition) is 1. The molecule has 3 rings (SSSR count). The number of aromatic nitrogens is 2. The van der Waals surface area contributed by atoms with Gasteiger partial charge in [-0.3, -0.25) is 14.6 Å². The fraction of sp³-hybridized carbons (Fsp3) is 0.150. The zero-order valence-corrected chi connectivity index (χ0v) is 17.2. The lowest BCUT2D eigenvalue weighted by Crippen LogP contribution is -2.25. The van der Waals surface area contributed by atoms with Gasteiger partial charge in [-0.25, -0.2) is 13.4 Å². The lowest BCUT2D eigenvalue weighted by molar-refractivity contribution is -0.0258. The number of carbonyl (C=O) groups is 1. The molecule has 0 aliphatic carbocycles. The second kappa shape index (κ2) is 9.44. The molecule has 0 bridgehead atoms. The van der Waals surface area contributed by atoms with Crippen molar-refractivity contribution in [1.82, 2.24) is 14.4 Å². The average molecular weight is 428 g/mol. The van der Waals surface area contributed by atoms with E-state index < -0.39 is 15.9 Å². The Hall–Kier alpha value is -3.34. The van der Waals surface area contributed by atoms with Crippen molar-refractivity contribution in [2.75, 3.05) is 19.5 Å². The second-order valence-corrected chi connectivity index (χ2v) is 8.01. The molecule has 0 atom stereocenters. The van der Waals surface area contributed by atoms with E-state index in [1.165, 1.54) is 44.6 Å². The number of hydroxylamine groups is 1. The van der Waals surface area contributed by atoms with E-state index in [9.17, 15) is 13.2 Å². The Bertz CT molecular complexity index is 1110. The van der Waals surface area contributed by atoms with Crippen LogP contribution in [0.15, 0.2) is 72.0 Å². The maximum atomic E-state index is 12.6. The summed E-state index contributed by atoms with van der Waals surface area (Å²) in [5.74, 6) is 0.211. The van der Waals surface area contributed by atoms with E-state index in [2.05, 4.69) is 15.3 Å². The maximum Gasteiger partial charge on any atom is 0.264 e. The minimum Gasteiger partial charge on any atom is -0.485 e. The van der Waals surface area contributed by atoms with Gasteiger partial charge in [0.25, 0.3) is 15.9 Å². The van der Waals surface area contributed by atoms with Crippen LogP contribution in [0.5, 0.6) is 5.75 Å². The molecule has 1 amide bonds. The summed E-state index contributed by atoms with van der Waals surface area (Å²) in [6.45, 7) is 0.288. The topological polar surface area (TPSA) is 111 Å². The summed E-state index contributed by atoms with van der Waals surface area (Å²) in [6.07, 6.45) is 4.86. The van der Waals surface area contributed by atoms with Crippen LogP contribution in [-0.4, -0.2) is 42.9 Å². The first-order valence-electron chi connectivity index (χ1n) is 8.83. The molecule has 0 unspecified atom stereocenters. The van der Waals surface area contributed by atoms with E-state index >= 15 is 0 Å². The average Bonchev–Trinajstić information content (AvgIpc) is 2.78. The van der Waals surface area contributed by atoms with Gasteiger partial charge in [0, 0.05) is 31.2 Å². The van der Waals surface area contributed by atoms with Crippen LogP contribution >= 0.6 is 0 Å². The summed E-state index contributed by atoms with van der Waals surface area (Å²) in [7, 11) is -1.26. The SMILES string of the molecule is CON(C)S(=O)(=O)c1ccc(C(=O)Nc2ncccc2OCc2ccncc2)cc1. The quantitative estimate of drug-likeness (QED) is 0.549. The number of ether oxygens (including phenoxy) is 1. The van der Waals surface area contributed by atoms with Gasteiger partial charge in [0.15, 0.2) is 11.6 Å². The van der Waals surface area contributed by atoms with E-state index in [0.717, 1.165) is 10.0 Å². The standard InChI is InChI=1S/C20H20N4O5S/c1-24(28-2)30(26,27)17-7-5-16(6-8-17)20(25)23-19-18(4-3-11-22-19)29-14-15-9-12-21-13-10-15/h3-13H,14H2,1-2H3,(H,22,23,25). The van der Waals surface area contributed by atoms with Crippen molar-refractivity contribution >= 4 is 21.7 Å². The third kappa shape index (κ3) is 4.98. The number of rotatable bonds is 8. The minimum atomic E-state index is -3.79. The van der Waals surface area contributed by atoms with Crippen LogP contribution in [0, 0.1) is 0 Å². The summed E-state index contributed by atoms with van der Waals surface area (Å²) >= 11 is 0. The zero-order valence-electron chi connectivity index (χ0n) is 16.3. The first-order chi connectivity index (χ1) is 14.4. The molecule has 2 heterocycles. The molecule has 1 N–H and O–H groups in total. The Labute approximate surface area is 174 Å². The van der Waals surface area contributed by atoms with E-state index in [4.69, 9.17) is 9.57 Å². The van der Waals surface area contributed by atoms with Gasteiger partial charge < -0.3 is 10.1 Å². The molecule has 0 fully saturated rings. The van der Waals surface area contributed by atoms with Gasteiger partial charge in [-0.05, 0) is 54.1 Å². The molecule has 2 aromatic heterocycles. The monoisotopic (exact) mass is 428 g/mol. The van der Waals surface area contributed by atoms with Gasteiger partial charge in [0.05, 0.1) is 12.0 Å². The summed E-state index contributed by atoms with van der Waals surface area (Å²) in [6, 6.07) is 12.5. The van der Waals surface area contributed by atoms with Gasteiger partial charge in [-0.2, -0.15) is 0 Å². The predicted octanol–water partition coefficient (Wildman–Crippen LogP) is 2.49. The number of nitrogens with one attached hydrogen (secondary N) is 1. The summed E-state index contributed by atoms with van der Waals surface area (Å²) < 4.78 is 31.0. The van der Waals surface area contributed by atoms with Crippen molar-refractivity contribution < 1.29 is 22.8 Å². The van der Waals surface area contributed by atoms with E-state index in [0.29, 0.717) is 5.75 Å². The van der Waals surface area contributed by atoms with Crippen molar-refractivity contribution in [2.45, 2.75) is 11.5 Å². The minimum absolute atomic E-state index is 0.00242. The highest BCUT2D eigenvalue weighted by Gasteiger charge is 2.21. The smallest absolute Gasteiger partial charge is 0.264 e. The zero-order chi connectivity index (χ0) is 21.6. The highest BCUT2D eigenvalue weighted by atomic mass is 32.2. The van der Waals surface area contributed by atoms with Crippen LogP contribution in [0.4, 0.5) is 5.82 Å². The summed E-state index contributed by atoms with van der Waals surface area (Å²) in [5.41, 5.74) is 1.18. The summed E-state index contributed by atoms with van der Waals surface area (Å²) in [4.78, 5) is 25.4. The van der Waals surface area contributed by atoms with Crippen LogP contribution in [0.2, 0.25) is 0 Å². The molecule has 0 saturated heterocycles. The normalized spacial score (nSPS) is 11.3. The van der Waals surface area contributed by atoms with Crippen LogP contribution in [0.25, 0.3) is 0 Å². The lowest BCUT2D eigenvalue weighted by Gasteiger charge is -2.14. The molecule has 10 heteroatoms. The third-order valence-corrected chi connectivity index (χ3v) is 5.85. The van der Waals surface area contributed by atoms with Crippen LogP contribution in [0.3, 0.4) is 0 Å². The number of pyridine rings is 2. The fourth-order valence-electron chi connectivity index (χ4n) is 2.45. The van der Waals surface area contributed by atoms with Crippen LogP contribution in [-0.2, 0) is 21.5 Å². The van der Waals surface area contributed by atoms with Crippen molar-refractivity contribution in [2.24, 2.45) is 0 Å². The highest BCUT2D eigenvalue weighted by molar-refractivity contribution is 7.89. The number of benzene rings is 1. The number of anilines is 1. The molecule has 0 aliphatic heterocycles. The molecular weight excluding hydrogens is 408 g/mol. The molecule has 1 aromatic carbocycles. The molecule has 156 valence electrons. The number of sulfonamides is 1. The van der Waals surface area contributed by atoms with Gasteiger partial charge in [0.1, 0.15) is 6.61 Å². The molecule has 3 aromatic rings. The van der Waals surface area contributed by atoms with E-state index in [-0.39, 0.29) is 22.9 Å². The lowest BCUT2D eigenvalue weighted by atomic mass is 10.2. The first-order valence-corrected chi connectivity index (χ1v) is 10.3. The van der Waals surface area contributed by atoms with E-state index in [1.54, 1.807) is 24.5 Å². The fourth-order valence-corrected chi connectivity index (χ4v) is 3.42. The summed E-state index contributed by atoms with van der Waals surface area (Å²) in [5, 5.41) is 2.68. The maximum absolute atomic E-state index is 12.6. The van der Waals surface area contributed by atoms with Gasteiger partial charge in [-0.15, -0.1) is 0 Å². The molecule has 0 radical (unpaired) electrons. The predicted molar refractivity (Wildman–Crippen MR) is 109 cm³/mol. The molecule has 9 nitrogen and oxygen atoms in total. The number of hydrogen-bond acceptors (Lipinski definition) is 7. The first kappa shape index (κ1) is 21.4. The molecule has 0 saturated carbocycles. The largest absolute Gasteiger partial charge is 0.485 e. The number of amides is 1. The Balaban J connectivity index is 1.72. The van der Waals surface area contributed by atoms with Crippen molar-refractivity contribution in [3.05, 3.63) is 78.2 Å². The molecule has 30 heavy (non-hydrogen) atoms. The highest BCUT2D eigenvalue weighted by Crippen LogP contribution is 2.23. The molecule has 0 spiro atoms.